The van der Waals surface area contributed by atoms with Gasteiger partial charge in [0, 0.05) is 0 Å². The molecule has 0 aromatic rings. The maximum atomic E-state index is 4.17. The third-order valence-electron chi connectivity index (χ3n) is 2.72. The molecule has 0 amide bonds. The molecule has 1 aliphatic carbocycles. The zero-order valence-electron chi connectivity index (χ0n) is 7.65. The molecule has 1 radical (unpaired) electrons. The predicted octanol–water partition coefficient (Wildman–Crippen LogP) is 3.96. The van der Waals surface area contributed by atoms with Gasteiger partial charge in [0.2, 0.25) is 0 Å². The van der Waals surface area contributed by atoms with E-state index in [0.717, 1.165) is 5.92 Å². The molecule has 0 saturated heterocycles. The standard InChI is InChI=1S/C11H21/c1-11-9-7-5-3-2-4-6-8-10-11/h11H,1-10H2. The van der Waals surface area contributed by atoms with Crippen LogP contribution in [0.4, 0.5) is 0 Å². The molecular weight excluding hydrogens is 132 g/mol. The van der Waals surface area contributed by atoms with Crippen LogP contribution in [0.5, 0.6) is 0 Å². The van der Waals surface area contributed by atoms with Gasteiger partial charge in [0.05, 0.1) is 0 Å². The lowest BCUT2D eigenvalue weighted by Gasteiger charge is -2.12. The van der Waals surface area contributed by atoms with Gasteiger partial charge in [-0.25, -0.2) is 0 Å². The smallest absolute Gasteiger partial charge is 0.0414 e. The first kappa shape index (κ1) is 9.09. The molecule has 0 aliphatic heterocycles. The second-order valence-electron chi connectivity index (χ2n) is 3.92. The summed E-state index contributed by atoms with van der Waals surface area (Å²) in [4.78, 5) is 0. The Hall–Kier alpha value is 0. The van der Waals surface area contributed by atoms with E-state index < -0.39 is 0 Å². The van der Waals surface area contributed by atoms with Crippen LogP contribution in [0.25, 0.3) is 0 Å². The monoisotopic (exact) mass is 153 g/mol. The largest absolute Gasteiger partial charge is 0.0533 e. The second-order valence-corrected chi connectivity index (χ2v) is 3.92. The van der Waals surface area contributed by atoms with Crippen molar-refractivity contribution < 1.29 is 0 Å². The van der Waals surface area contributed by atoms with E-state index in [0.29, 0.717) is 0 Å². The summed E-state index contributed by atoms with van der Waals surface area (Å²) in [6.07, 6.45) is 12.9. The van der Waals surface area contributed by atoms with Crippen LogP contribution in [0, 0.1) is 12.8 Å². The molecule has 0 N–H and O–H groups in total. The lowest BCUT2D eigenvalue weighted by atomic mass is 9.94. The van der Waals surface area contributed by atoms with Gasteiger partial charge < -0.3 is 0 Å². The van der Waals surface area contributed by atoms with Crippen LogP contribution in [0.3, 0.4) is 0 Å². The highest BCUT2D eigenvalue weighted by atomic mass is 14.1. The van der Waals surface area contributed by atoms with E-state index in [1.807, 2.05) is 0 Å². The molecule has 1 saturated carbocycles. The highest BCUT2D eigenvalue weighted by molar-refractivity contribution is 4.63. The molecule has 0 heteroatoms. The van der Waals surface area contributed by atoms with Crippen LogP contribution in [-0.2, 0) is 0 Å². The lowest BCUT2D eigenvalue weighted by molar-refractivity contribution is 0.442. The van der Waals surface area contributed by atoms with E-state index in [1.54, 1.807) is 0 Å². The molecule has 0 spiro atoms. The van der Waals surface area contributed by atoms with E-state index in [9.17, 15) is 0 Å². The molecule has 11 heavy (non-hydrogen) atoms. The average molecular weight is 153 g/mol. The molecule has 1 rings (SSSR count). The third kappa shape index (κ3) is 4.44. The second kappa shape index (κ2) is 5.62. The minimum absolute atomic E-state index is 0.757. The Labute approximate surface area is 71.4 Å². The molecule has 0 atom stereocenters. The van der Waals surface area contributed by atoms with Crippen LogP contribution in [0.2, 0.25) is 0 Å². The van der Waals surface area contributed by atoms with Crippen molar-refractivity contribution in [2.45, 2.75) is 57.8 Å². The van der Waals surface area contributed by atoms with Crippen molar-refractivity contribution >= 4 is 0 Å². The fourth-order valence-corrected chi connectivity index (χ4v) is 1.89. The normalized spacial score (nSPS) is 24.8. The summed E-state index contributed by atoms with van der Waals surface area (Å²) in [5.41, 5.74) is 0. The third-order valence-corrected chi connectivity index (χ3v) is 2.72. The molecule has 0 bridgehead atoms. The molecular formula is C11H21. The first-order valence-corrected chi connectivity index (χ1v) is 5.22. The van der Waals surface area contributed by atoms with Crippen molar-refractivity contribution in [2.24, 2.45) is 5.92 Å². The maximum Gasteiger partial charge on any atom is -0.0414 e. The topological polar surface area (TPSA) is 0 Å². The van der Waals surface area contributed by atoms with Gasteiger partial charge in [0.1, 0.15) is 0 Å². The van der Waals surface area contributed by atoms with Gasteiger partial charge in [0.25, 0.3) is 0 Å². The summed E-state index contributed by atoms with van der Waals surface area (Å²) in [6, 6.07) is 0. The lowest BCUT2D eigenvalue weighted by Crippen LogP contribution is -1.97. The van der Waals surface area contributed by atoms with E-state index in [-0.39, 0.29) is 0 Å². The van der Waals surface area contributed by atoms with Crippen molar-refractivity contribution in [3.8, 4) is 0 Å². The van der Waals surface area contributed by atoms with Crippen molar-refractivity contribution in [1.82, 2.24) is 0 Å². The highest BCUT2D eigenvalue weighted by Crippen LogP contribution is 2.20. The van der Waals surface area contributed by atoms with Gasteiger partial charge in [0.15, 0.2) is 0 Å². The molecule has 0 nitrogen and oxygen atoms in total. The van der Waals surface area contributed by atoms with E-state index >= 15 is 0 Å². The summed E-state index contributed by atoms with van der Waals surface area (Å²) in [5, 5.41) is 0. The van der Waals surface area contributed by atoms with Crippen LogP contribution in [-0.4, -0.2) is 0 Å². The summed E-state index contributed by atoms with van der Waals surface area (Å²) < 4.78 is 0. The minimum Gasteiger partial charge on any atom is -0.0533 e. The molecule has 0 aromatic carbocycles. The van der Waals surface area contributed by atoms with Crippen molar-refractivity contribution in [3.05, 3.63) is 6.92 Å². The van der Waals surface area contributed by atoms with Crippen LogP contribution in [0.15, 0.2) is 0 Å². The van der Waals surface area contributed by atoms with Gasteiger partial charge in [-0.1, -0.05) is 64.7 Å². The predicted molar refractivity (Wildman–Crippen MR) is 50.4 cm³/mol. The Morgan fingerprint density at radius 1 is 0.636 bits per heavy atom. The average Bonchev–Trinajstić information content (AvgIpc) is 2.03. The molecule has 65 valence electrons. The van der Waals surface area contributed by atoms with Gasteiger partial charge >= 0.3 is 0 Å². The molecule has 0 unspecified atom stereocenters. The minimum atomic E-state index is 0.757. The van der Waals surface area contributed by atoms with E-state index in [2.05, 4.69) is 6.92 Å². The number of hydrogen-bond acceptors (Lipinski definition) is 0. The number of hydrogen-bond donors (Lipinski definition) is 0. The zero-order valence-corrected chi connectivity index (χ0v) is 7.65. The summed E-state index contributed by atoms with van der Waals surface area (Å²) >= 11 is 0. The van der Waals surface area contributed by atoms with Crippen LogP contribution in [0.1, 0.15) is 57.8 Å². The fourth-order valence-electron chi connectivity index (χ4n) is 1.89. The fraction of sp³-hybridized carbons (Fsp3) is 0.909. The van der Waals surface area contributed by atoms with Crippen molar-refractivity contribution in [2.75, 3.05) is 0 Å². The Balaban J connectivity index is 2.12. The summed E-state index contributed by atoms with van der Waals surface area (Å²) in [5.74, 6) is 0.757. The SMILES string of the molecule is [CH2]C1CCCCCCCCC1. The highest BCUT2D eigenvalue weighted by Gasteiger charge is 2.03. The summed E-state index contributed by atoms with van der Waals surface area (Å²) in [6.45, 7) is 4.17. The van der Waals surface area contributed by atoms with Gasteiger partial charge in [-0.2, -0.15) is 0 Å². The van der Waals surface area contributed by atoms with Crippen LogP contribution < -0.4 is 0 Å². The van der Waals surface area contributed by atoms with Gasteiger partial charge in [-0.15, -0.1) is 0 Å². The van der Waals surface area contributed by atoms with E-state index in [4.69, 9.17) is 0 Å². The quantitative estimate of drug-likeness (QED) is 0.494. The Morgan fingerprint density at radius 3 is 1.45 bits per heavy atom. The van der Waals surface area contributed by atoms with Gasteiger partial charge in [-0.05, 0) is 5.92 Å². The van der Waals surface area contributed by atoms with Gasteiger partial charge in [-0.3, -0.25) is 0 Å². The zero-order chi connectivity index (χ0) is 7.94. The summed E-state index contributed by atoms with van der Waals surface area (Å²) in [7, 11) is 0. The first-order valence-electron chi connectivity index (χ1n) is 5.22. The van der Waals surface area contributed by atoms with Crippen molar-refractivity contribution in [1.29, 1.82) is 0 Å². The molecule has 1 fully saturated rings. The number of rotatable bonds is 0. The van der Waals surface area contributed by atoms with E-state index in [1.165, 1.54) is 57.8 Å². The molecule has 0 heterocycles. The maximum absolute atomic E-state index is 4.17. The Morgan fingerprint density at radius 2 is 1.00 bits per heavy atom. The molecule has 0 aromatic heterocycles. The van der Waals surface area contributed by atoms with Crippen LogP contribution >= 0.6 is 0 Å². The Kier molecular flexibility index (Phi) is 4.65. The molecule has 1 aliphatic rings. The first-order chi connectivity index (χ1) is 5.39. The Bertz CT molecular complexity index is 76.0. The van der Waals surface area contributed by atoms with Crippen molar-refractivity contribution in [3.63, 3.8) is 0 Å².